The molecule has 0 aliphatic carbocycles. The van der Waals surface area contributed by atoms with Gasteiger partial charge in [0, 0.05) is 35.7 Å². The van der Waals surface area contributed by atoms with Crippen LogP contribution in [0, 0.1) is 24.0 Å². The Bertz CT molecular complexity index is 2230. The van der Waals surface area contributed by atoms with E-state index in [1.165, 1.54) is 24.3 Å². The second kappa shape index (κ2) is 11.9. The van der Waals surface area contributed by atoms with Gasteiger partial charge in [0.1, 0.15) is 58.7 Å². The predicted octanol–water partition coefficient (Wildman–Crippen LogP) is 6.09. The van der Waals surface area contributed by atoms with Gasteiger partial charge in [-0.25, -0.2) is 23.1 Å². The standard InChI is InChI=1S/C37H34F3N7O3/c1-4-24-27(39)9-8-21-13-23(48)14-26(28(21)24)31-30(40)32-29-34(45-36(44-32)49-18-37-10-6-12-46(37)17-22(38)15-37)47(16-19(2)50-35(29)43-31)20(3)25-7-5-11-42-33(25)41/h1,5,7-9,11,13-14,19-20,22,48H,6,10,12,15-18H2,2-3H3,(H2,41,42)/t19-,20+,22+,37-/m0/s1. The minimum Gasteiger partial charge on any atom is -0.508 e. The molecule has 0 saturated carbocycles. The molecule has 3 N–H and O–H groups in total. The lowest BCUT2D eigenvalue weighted by molar-refractivity contribution is 0.107. The number of hydrogen-bond acceptors (Lipinski definition) is 10. The number of fused-ring (bicyclic) bond motifs is 2. The topological polar surface area (TPSA) is 123 Å². The number of nitrogens with zero attached hydrogens (tertiary/aromatic N) is 6. The second-order valence-corrected chi connectivity index (χ2v) is 13.4. The molecule has 0 amide bonds. The lowest BCUT2D eigenvalue weighted by Gasteiger charge is -2.32. The number of phenolic OH excluding ortho intramolecular Hbond substituents is 1. The Hall–Kier alpha value is -5.35. The van der Waals surface area contributed by atoms with Gasteiger partial charge < -0.3 is 25.2 Å². The van der Waals surface area contributed by atoms with E-state index in [0.717, 1.165) is 24.9 Å². The van der Waals surface area contributed by atoms with Crippen molar-refractivity contribution in [2.24, 2.45) is 0 Å². The summed E-state index contributed by atoms with van der Waals surface area (Å²) in [6.45, 7) is 5.29. The third-order valence-corrected chi connectivity index (χ3v) is 10.2. The Morgan fingerprint density at radius 1 is 1.18 bits per heavy atom. The Kier molecular flexibility index (Phi) is 7.60. The highest BCUT2D eigenvalue weighted by molar-refractivity contribution is 6.04. The van der Waals surface area contributed by atoms with Crippen molar-refractivity contribution in [3.05, 3.63) is 65.4 Å². The Labute approximate surface area is 286 Å². The van der Waals surface area contributed by atoms with E-state index in [9.17, 15) is 9.50 Å². The first kappa shape index (κ1) is 31.9. The van der Waals surface area contributed by atoms with Crippen molar-refractivity contribution >= 4 is 33.3 Å². The van der Waals surface area contributed by atoms with Crippen LogP contribution in [0.4, 0.5) is 24.8 Å². The number of phenols is 1. The van der Waals surface area contributed by atoms with E-state index in [1.807, 2.05) is 24.8 Å². The molecule has 13 heteroatoms. The number of benzene rings is 2. The van der Waals surface area contributed by atoms with Gasteiger partial charge in [-0.1, -0.05) is 18.1 Å². The zero-order valence-corrected chi connectivity index (χ0v) is 27.5. The maximum Gasteiger partial charge on any atom is 0.319 e. The smallest absolute Gasteiger partial charge is 0.319 e. The molecule has 2 aromatic carbocycles. The summed E-state index contributed by atoms with van der Waals surface area (Å²) in [5.41, 5.74) is 6.04. The summed E-state index contributed by atoms with van der Waals surface area (Å²) in [6, 6.07) is 8.47. The SMILES string of the molecule is C#Cc1c(F)ccc2cc(O)cc(-c3nc4c5c(nc(OC[C@@]67CCCN6C[C@H](F)C7)nc5c3F)N([C@H](C)c3cccnc3N)C[C@H](C)O4)c12. The molecule has 2 saturated heterocycles. The van der Waals surface area contributed by atoms with Crippen LogP contribution in [-0.4, -0.2) is 74.0 Å². The monoisotopic (exact) mass is 681 g/mol. The number of aromatic nitrogens is 4. The first-order valence-corrected chi connectivity index (χ1v) is 16.6. The summed E-state index contributed by atoms with van der Waals surface area (Å²) in [7, 11) is 0. The van der Waals surface area contributed by atoms with Gasteiger partial charge in [-0.3, -0.25) is 4.90 Å². The molecule has 0 spiro atoms. The number of nitrogen functional groups attached to an aromatic ring is 1. The number of pyridine rings is 2. The van der Waals surface area contributed by atoms with Crippen LogP contribution < -0.4 is 20.1 Å². The highest BCUT2D eigenvalue weighted by Crippen LogP contribution is 2.46. The van der Waals surface area contributed by atoms with Crippen LogP contribution in [-0.2, 0) is 0 Å². The fourth-order valence-electron chi connectivity index (χ4n) is 7.92. The molecule has 2 fully saturated rings. The van der Waals surface area contributed by atoms with E-state index in [0.29, 0.717) is 30.0 Å². The van der Waals surface area contributed by atoms with Gasteiger partial charge in [0.15, 0.2) is 5.82 Å². The van der Waals surface area contributed by atoms with Gasteiger partial charge in [0.2, 0.25) is 5.88 Å². The van der Waals surface area contributed by atoms with Crippen molar-refractivity contribution in [2.75, 3.05) is 36.9 Å². The number of ether oxygens (including phenoxy) is 2. The fourth-order valence-corrected chi connectivity index (χ4v) is 7.92. The summed E-state index contributed by atoms with van der Waals surface area (Å²) in [4.78, 5) is 22.4. The summed E-state index contributed by atoms with van der Waals surface area (Å²) >= 11 is 0. The fraction of sp³-hybridized carbons (Fsp3) is 0.351. The molecule has 4 atom stereocenters. The molecule has 256 valence electrons. The van der Waals surface area contributed by atoms with E-state index < -0.39 is 35.5 Å². The van der Waals surface area contributed by atoms with Crippen LogP contribution >= 0.6 is 0 Å². The number of nitrogens with two attached hydrogens (primary N) is 1. The molecule has 8 rings (SSSR count). The van der Waals surface area contributed by atoms with Gasteiger partial charge in [0.05, 0.1) is 23.7 Å². The highest BCUT2D eigenvalue weighted by atomic mass is 19.1. The van der Waals surface area contributed by atoms with Crippen molar-refractivity contribution in [3.8, 4) is 41.2 Å². The average Bonchev–Trinajstić information content (AvgIpc) is 3.57. The molecule has 5 aromatic rings. The van der Waals surface area contributed by atoms with Gasteiger partial charge >= 0.3 is 6.01 Å². The lowest BCUT2D eigenvalue weighted by Crippen LogP contribution is -2.43. The van der Waals surface area contributed by atoms with E-state index in [4.69, 9.17) is 26.6 Å². The van der Waals surface area contributed by atoms with Crippen LogP contribution in [0.5, 0.6) is 17.6 Å². The molecular formula is C37H34F3N7O3. The van der Waals surface area contributed by atoms with Crippen molar-refractivity contribution in [1.29, 1.82) is 0 Å². The Morgan fingerprint density at radius 3 is 2.82 bits per heavy atom. The van der Waals surface area contributed by atoms with Crippen molar-refractivity contribution in [2.45, 2.75) is 57.0 Å². The number of rotatable bonds is 6. The van der Waals surface area contributed by atoms with Gasteiger partial charge in [-0.05, 0) is 62.9 Å². The van der Waals surface area contributed by atoms with E-state index in [1.54, 1.807) is 12.3 Å². The normalized spacial score (nSPS) is 22.3. The number of terminal acetylenes is 1. The van der Waals surface area contributed by atoms with Crippen LogP contribution in [0.2, 0.25) is 0 Å². The molecule has 0 radical (unpaired) electrons. The quantitative estimate of drug-likeness (QED) is 0.204. The van der Waals surface area contributed by atoms with Crippen molar-refractivity contribution in [3.63, 3.8) is 0 Å². The summed E-state index contributed by atoms with van der Waals surface area (Å²) < 4.78 is 59.5. The lowest BCUT2D eigenvalue weighted by atomic mass is 9.95. The van der Waals surface area contributed by atoms with E-state index in [-0.39, 0.29) is 63.9 Å². The maximum absolute atomic E-state index is 17.2. The predicted molar refractivity (Wildman–Crippen MR) is 183 cm³/mol. The molecule has 0 bridgehead atoms. The summed E-state index contributed by atoms with van der Waals surface area (Å²) in [5.74, 6) is 1.26. The van der Waals surface area contributed by atoms with Gasteiger partial charge in [0.25, 0.3) is 0 Å². The maximum atomic E-state index is 17.2. The summed E-state index contributed by atoms with van der Waals surface area (Å²) in [6.07, 6.45) is 7.87. The number of alkyl halides is 1. The Balaban J connectivity index is 1.36. The van der Waals surface area contributed by atoms with Crippen LogP contribution in [0.1, 0.15) is 50.3 Å². The molecule has 10 nitrogen and oxygen atoms in total. The number of aromatic hydroxyl groups is 1. The summed E-state index contributed by atoms with van der Waals surface area (Å²) in [5, 5.41) is 11.5. The van der Waals surface area contributed by atoms with Gasteiger partial charge in [-0.15, -0.1) is 6.42 Å². The van der Waals surface area contributed by atoms with Crippen LogP contribution in [0.15, 0.2) is 42.6 Å². The van der Waals surface area contributed by atoms with E-state index >= 15 is 8.78 Å². The van der Waals surface area contributed by atoms with E-state index in [2.05, 4.69) is 25.8 Å². The zero-order valence-electron chi connectivity index (χ0n) is 27.5. The molecular weight excluding hydrogens is 647 g/mol. The molecule has 0 unspecified atom stereocenters. The van der Waals surface area contributed by atoms with Crippen LogP contribution in [0.25, 0.3) is 32.9 Å². The highest BCUT2D eigenvalue weighted by Gasteiger charge is 2.49. The number of halogens is 3. The van der Waals surface area contributed by atoms with Crippen LogP contribution in [0.3, 0.4) is 0 Å². The molecule has 50 heavy (non-hydrogen) atoms. The van der Waals surface area contributed by atoms with Gasteiger partial charge in [-0.2, -0.15) is 9.97 Å². The number of hydrogen-bond donors (Lipinski definition) is 2. The van der Waals surface area contributed by atoms with Crippen molar-refractivity contribution in [1.82, 2.24) is 24.8 Å². The molecule has 6 heterocycles. The molecule has 3 aliphatic heterocycles. The first-order chi connectivity index (χ1) is 24.1. The third-order valence-electron chi connectivity index (χ3n) is 10.2. The average molecular weight is 682 g/mol. The first-order valence-electron chi connectivity index (χ1n) is 16.6. The second-order valence-electron chi connectivity index (χ2n) is 13.4. The largest absolute Gasteiger partial charge is 0.508 e. The third kappa shape index (κ3) is 5.08. The minimum absolute atomic E-state index is 0.0334. The molecule has 3 aliphatic rings. The minimum atomic E-state index is -0.968. The number of anilines is 2. The molecule has 3 aromatic heterocycles. The Morgan fingerprint density at radius 2 is 2.02 bits per heavy atom. The zero-order chi connectivity index (χ0) is 34.9. The van der Waals surface area contributed by atoms with Crippen molar-refractivity contribution < 1.29 is 27.8 Å².